The summed E-state index contributed by atoms with van der Waals surface area (Å²) in [6.45, 7) is 1.78. The topological polar surface area (TPSA) is 59.4 Å². The zero-order valence-corrected chi connectivity index (χ0v) is 9.43. The summed E-state index contributed by atoms with van der Waals surface area (Å²) in [5.74, 6) is -0.388. The van der Waals surface area contributed by atoms with Gasteiger partial charge in [0.05, 0.1) is 18.8 Å². The van der Waals surface area contributed by atoms with Gasteiger partial charge in [-0.15, -0.1) is 0 Å². The van der Waals surface area contributed by atoms with Gasteiger partial charge in [-0.3, -0.25) is 4.98 Å². The van der Waals surface area contributed by atoms with Crippen LogP contribution in [0.1, 0.15) is 35.8 Å². The second-order valence-electron chi connectivity index (χ2n) is 4.26. The molecule has 1 heterocycles. The smallest absolute Gasteiger partial charge is 0.339 e. The molecule has 0 radical (unpaired) electrons. The molecule has 4 heteroatoms. The quantitative estimate of drug-likeness (QED) is 0.781. The summed E-state index contributed by atoms with van der Waals surface area (Å²) in [6.07, 6.45) is 3.01. The lowest BCUT2D eigenvalue weighted by Gasteiger charge is -2.17. The Bertz CT molecular complexity index is 393. The number of aromatic nitrogens is 1. The predicted molar refractivity (Wildman–Crippen MR) is 58.2 cm³/mol. The Balaban J connectivity index is 2.23. The van der Waals surface area contributed by atoms with Crippen molar-refractivity contribution in [1.82, 2.24) is 4.98 Å². The Kier molecular flexibility index (Phi) is 2.68. The van der Waals surface area contributed by atoms with Crippen LogP contribution in [0.3, 0.4) is 0 Å². The molecular weight excluding hydrogens is 206 g/mol. The third-order valence-corrected chi connectivity index (χ3v) is 3.28. The van der Waals surface area contributed by atoms with E-state index in [9.17, 15) is 9.90 Å². The minimum Gasteiger partial charge on any atom is -0.465 e. The summed E-state index contributed by atoms with van der Waals surface area (Å²) < 4.78 is 4.60. The Morgan fingerprint density at radius 3 is 2.62 bits per heavy atom. The van der Waals surface area contributed by atoms with Crippen molar-refractivity contribution >= 4 is 5.97 Å². The molecule has 1 aliphatic carbocycles. The number of aliphatic hydroxyl groups is 1. The number of esters is 1. The molecule has 0 saturated heterocycles. The molecular formula is C12H15NO3. The molecule has 86 valence electrons. The molecule has 0 amide bonds. The van der Waals surface area contributed by atoms with Crippen molar-refractivity contribution in [2.45, 2.75) is 31.3 Å². The number of hydrogen-bond donors (Lipinski definition) is 1. The van der Waals surface area contributed by atoms with Crippen LogP contribution in [0.25, 0.3) is 0 Å². The van der Waals surface area contributed by atoms with Gasteiger partial charge in [0, 0.05) is 17.3 Å². The number of nitrogens with zero attached hydrogens (tertiary/aromatic N) is 1. The maximum atomic E-state index is 11.2. The first-order valence-corrected chi connectivity index (χ1v) is 5.33. The molecule has 0 spiro atoms. The summed E-state index contributed by atoms with van der Waals surface area (Å²) in [5, 5.41) is 9.69. The van der Waals surface area contributed by atoms with Gasteiger partial charge in [-0.25, -0.2) is 4.79 Å². The van der Waals surface area contributed by atoms with Crippen molar-refractivity contribution in [2.75, 3.05) is 7.11 Å². The van der Waals surface area contributed by atoms with Gasteiger partial charge in [0.2, 0.25) is 0 Å². The van der Waals surface area contributed by atoms with Crippen LogP contribution in [0, 0.1) is 0 Å². The second-order valence-corrected chi connectivity index (χ2v) is 4.26. The molecule has 2 rings (SSSR count). The zero-order chi connectivity index (χ0) is 11.8. The van der Waals surface area contributed by atoms with E-state index in [1.165, 1.54) is 13.3 Å². The van der Waals surface area contributed by atoms with Crippen LogP contribution in [0.2, 0.25) is 0 Å². The number of carbonyl (C=O) groups excluding carboxylic acids is 1. The van der Waals surface area contributed by atoms with Crippen LogP contribution in [-0.2, 0) is 10.2 Å². The van der Waals surface area contributed by atoms with Crippen molar-refractivity contribution in [1.29, 1.82) is 0 Å². The molecule has 1 atom stereocenters. The van der Waals surface area contributed by atoms with E-state index in [-0.39, 0.29) is 11.4 Å². The lowest BCUT2D eigenvalue weighted by Crippen LogP contribution is -2.23. The maximum Gasteiger partial charge on any atom is 0.339 e. The highest BCUT2D eigenvalue weighted by Gasteiger charge is 2.49. The van der Waals surface area contributed by atoms with Gasteiger partial charge >= 0.3 is 5.97 Å². The summed E-state index contributed by atoms with van der Waals surface area (Å²) in [5.41, 5.74) is 1.11. The molecule has 0 aromatic carbocycles. The molecule has 1 fully saturated rings. The molecule has 4 nitrogen and oxygen atoms in total. The third-order valence-electron chi connectivity index (χ3n) is 3.28. The average molecular weight is 221 g/mol. The fourth-order valence-electron chi connectivity index (χ4n) is 1.95. The van der Waals surface area contributed by atoms with Crippen LogP contribution in [0.4, 0.5) is 0 Å². The van der Waals surface area contributed by atoms with Crippen LogP contribution < -0.4 is 0 Å². The monoisotopic (exact) mass is 221 g/mol. The summed E-state index contributed by atoms with van der Waals surface area (Å²) in [6, 6.07) is 3.49. The molecule has 0 bridgehead atoms. The van der Waals surface area contributed by atoms with Gasteiger partial charge in [0.15, 0.2) is 0 Å². The lowest BCUT2D eigenvalue weighted by atomic mass is 9.95. The van der Waals surface area contributed by atoms with Crippen LogP contribution in [0.15, 0.2) is 18.3 Å². The summed E-state index contributed by atoms with van der Waals surface area (Å²) in [4.78, 5) is 15.5. The van der Waals surface area contributed by atoms with E-state index in [1.807, 2.05) is 0 Å². The number of rotatable bonds is 3. The van der Waals surface area contributed by atoms with Gasteiger partial charge < -0.3 is 9.84 Å². The van der Waals surface area contributed by atoms with Crippen molar-refractivity contribution in [3.63, 3.8) is 0 Å². The Morgan fingerprint density at radius 1 is 1.56 bits per heavy atom. The predicted octanol–water partition coefficient (Wildman–Crippen LogP) is 1.28. The largest absolute Gasteiger partial charge is 0.465 e. The van der Waals surface area contributed by atoms with Gasteiger partial charge in [-0.1, -0.05) is 0 Å². The molecule has 1 aromatic rings. The van der Waals surface area contributed by atoms with E-state index < -0.39 is 6.10 Å². The SMILES string of the molecule is COC(=O)c1ccc(C2(C(C)O)CC2)nc1. The van der Waals surface area contributed by atoms with Crippen LogP contribution in [0.5, 0.6) is 0 Å². The van der Waals surface area contributed by atoms with E-state index in [2.05, 4.69) is 9.72 Å². The van der Waals surface area contributed by atoms with Crippen LogP contribution >= 0.6 is 0 Å². The van der Waals surface area contributed by atoms with E-state index in [0.29, 0.717) is 5.56 Å². The van der Waals surface area contributed by atoms with Gasteiger partial charge in [0.1, 0.15) is 0 Å². The minimum atomic E-state index is -0.399. The second kappa shape index (κ2) is 3.87. The first-order valence-electron chi connectivity index (χ1n) is 5.33. The lowest BCUT2D eigenvalue weighted by molar-refractivity contribution is 0.0600. The fourth-order valence-corrected chi connectivity index (χ4v) is 1.95. The number of pyridine rings is 1. The van der Waals surface area contributed by atoms with Crippen LogP contribution in [-0.4, -0.2) is 29.3 Å². The first kappa shape index (κ1) is 11.1. The standard InChI is InChI=1S/C12H15NO3/c1-8(14)12(5-6-12)10-4-3-9(7-13-10)11(15)16-2/h3-4,7-8,14H,5-6H2,1-2H3. The number of aliphatic hydroxyl groups excluding tert-OH is 1. The number of hydrogen-bond acceptors (Lipinski definition) is 4. The summed E-state index contributed by atoms with van der Waals surface area (Å²) in [7, 11) is 1.34. The van der Waals surface area contributed by atoms with Gasteiger partial charge in [-0.05, 0) is 31.9 Å². The highest BCUT2D eigenvalue weighted by atomic mass is 16.5. The van der Waals surface area contributed by atoms with E-state index in [0.717, 1.165) is 18.5 Å². The van der Waals surface area contributed by atoms with E-state index in [1.54, 1.807) is 19.1 Å². The van der Waals surface area contributed by atoms with Crippen molar-refractivity contribution < 1.29 is 14.6 Å². The Morgan fingerprint density at radius 2 is 2.25 bits per heavy atom. The number of methoxy groups -OCH3 is 1. The maximum absolute atomic E-state index is 11.2. The molecule has 1 aromatic heterocycles. The fraction of sp³-hybridized carbons (Fsp3) is 0.500. The Labute approximate surface area is 94.3 Å². The minimum absolute atomic E-state index is 0.186. The highest BCUT2D eigenvalue weighted by Crippen LogP contribution is 2.49. The molecule has 1 N–H and O–H groups in total. The molecule has 1 saturated carbocycles. The molecule has 16 heavy (non-hydrogen) atoms. The first-order chi connectivity index (χ1) is 7.60. The van der Waals surface area contributed by atoms with Crippen molar-refractivity contribution in [2.24, 2.45) is 0 Å². The molecule has 0 aliphatic heterocycles. The average Bonchev–Trinajstić information content (AvgIpc) is 3.09. The normalized spacial score (nSPS) is 18.9. The number of ether oxygens (including phenoxy) is 1. The number of carbonyl (C=O) groups is 1. The van der Waals surface area contributed by atoms with E-state index >= 15 is 0 Å². The molecule has 1 aliphatic rings. The van der Waals surface area contributed by atoms with Crippen molar-refractivity contribution in [3.8, 4) is 0 Å². The molecule has 1 unspecified atom stereocenters. The van der Waals surface area contributed by atoms with Gasteiger partial charge in [-0.2, -0.15) is 0 Å². The summed E-state index contributed by atoms with van der Waals surface area (Å²) >= 11 is 0. The van der Waals surface area contributed by atoms with Crippen molar-refractivity contribution in [3.05, 3.63) is 29.6 Å². The highest BCUT2D eigenvalue weighted by molar-refractivity contribution is 5.88. The third kappa shape index (κ3) is 1.69. The zero-order valence-electron chi connectivity index (χ0n) is 9.43. The van der Waals surface area contributed by atoms with E-state index in [4.69, 9.17) is 0 Å². The van der Waals surface area contributed by atoms with Gasteiger partial charge in [0.25, 0.3) is 0 Å². The Hall–Kier alpha value is -1.42.